The number of amides is 2. The van der Waals surface area contributed by atoms with Crippen LogP contribution < -0.4 is 16.4 Å². The van der Waals surface area contributed by atoms with Crippen LogP contribution in [0.1, 0.15) is 12.5 Å². The van der Waals surface area contributed by atoms with Gasteiger partial charge in [0, 0.05) is 24.4 Å². The maximum Gasteiger partial charge on any atom is 0.248 e. The van der Waals surface area contributed by atoms with Gasteiger partial charge in [0.25, 0.3) is 0 Å². The van der Waals surface area contributed by atoms with Crippen LogP contribution >= 0.6 is 0 Å². The van der Waals surface area contributed by atoms with Crippen molar-refractivity contribution in [3.05, 3.63) is 59.9 Å². The number of hydrogen-bond acceptors (Lipinski definition) is 3. The molecule has 6 heteroatoms. The quantitative estimate of drug-likeness (QED) is 0.599. The molecule has 0 spiro atoms. The Morgan fingerprint density at radius 1 is 1.04 bits per heavy atom. The Balaban J connectivity index is 1.97. The monoisotopic (exact) mass is 313 g/mol. The third-order valence-corrected chi connectivity index (χ3v) is 2.92. The highest BCUT2D eigenvalue weighted by Gasteiger charge is 2.01. The molecule has 4 N–H and O–H groups in total. The van der Waals surface area contributed by atoms with Crippen LogP contribution in [0.2, 0.25) is 0 Å². The van der Waals surface area contributed by atoms with Crippen LogP contribution in [0.3, 0.4) is 0 Å². The van der Waals surface area contributed by atoms with Crippen molar-refractivity contribution in [2.45, 2.75) is 6.92 Å². The first-order chi connectivity index (χ1) is 10.9. The highest BCUT2D eigenvalue weighted by atomic mass is 19.1. The molecule has 118 valence electrons. The molecule has 0 aliphatic rings. The van der Waals surface area contributed by atoms with Gasteiger partial charge in [-0.05, 0) is 48.0 Å². The van der Waals surface area contributed by atoms with E-state index in [1.165, 1.54) is 37.3 Å². The Hall–Kier alpha value is -3.15. The molecule has 0 aliphatic heterocycles. The van der Waals surface area contributed by atoms with E-state index in [2.05, 4.69) is 10.6 Å². The van der Waals surface area contributed by atoms with Crippen LogP contribution in [0.4, 0.5) is 21.5 Å². The maximum atomic E-state index is 13.0. The van der Waals surface area contributed by atoms with Crippen LogP contribution in [0.25, 0.3) is 6.08 Å². The number of nitrogen functional groups attached to an aromatic ring is 1. The Morgan fingerprint density at radius 2 is 1.65 bits per heavy atom. The van der Waals surface area contributed by atoms with Crippen LogP contribution in [0, 0.1) is 5.82 Å². The van der Waals surface area contributed by atoms with Gasteiger partial charge in [0.15, 0.2) is 0 Å². The van der Waals surface area contributed by atoms with Gasteiger partial charge in [0.1, 0.15) is 5.82 Å². The van der Waals surface area contributed by atoms with Gasteiger partial charge in [0.05, 0.1) is 5.69 Å². The number of carbonyl (C=O) groups is 2. The molecule has 5 nitrogen and oxygen atoms in total. The Morgan fingerprint density at radius 3 is 2.22 bits per heavy atom. The van der Waals surface area contributed by atoms with Crippen molar-refractivity contribution in [1.82, 2.24) is 0 Å². The highest BCUT2D eigenvalue weighted by molar-refractivity contribution is 6.02. The minimum atomic E-state index is -0.495. The van der Waals surface area contributed by atoms with Gasteiger partial charge >= 0.3 is 0 Å². The topological polar surface area (TPSA) is 84.2 Å². The largest absolute Gasteiger partial charge is 0.396 e. The normalized spacial score (nSPS) is 10.5. The molecule has 2 amide bonds. The smallest absolute Gasteiger partial charge is 0.248 e. The number of hydrogen-bond donors (Lipinski definition) is 3. The zero-order valence-electron chi connectivity index (χ0n) is 12.5. The second-order valence-electron chi connectivity index (χ2n) is 4.86. The molecule has 2 rings (SSSR count). The third kappa shape index (κ3) is 4.96. The van der Waals surface area contributed by atoms with Crippen LogP contribution in [0.5, 0.6) is 0 Å². The lowest BCUT2D eigenvalue weighted by Gasteiger charge is -2.05. The van der Waals surface area contributed by atoms with E-state index in [0.29, 0.717) is 16.9 Å². The molecule has 0 bridgehead atoms. The van der Waals surface area contributed by atoms with E-state index in [1.807, 2.05) is 0 Å². The zero-order valence-corrected chi connectivity index (χ0v) is 12.5. The Bertz CT molecular complexity index is 755. The second-order valence-corrected chi connectivity index (χ2v) is 4.86. The summed E-state index contributed by atoms with van der Waals surface area (Å²) in [4.78, 5) is 22.7. The van der Waals surface area contributed by atoms with Gasteiger partial charge < -0.3 is 16.4 Å². The van der Waals surface area contributed by atoms with Gasteiger partial charge in [-0.1, -0.05) is 6.07 Å². The molecule has 0 unspecified atom stereocenters. The molecular weight excluding hydrogens is 297 g/mol. The number of nitrogens with one attached hydrogen (secondary N) is 2. The fraction of sp³-hybridized carbons (Fsp3) is 0.0588. The van der Waals surface area contributed by atoms with Gasteiger partial charge in [-0.3, -0.25) is 9.59 Å². The summed E-state index contributed by atoms with van der Waals surface area (Å²) < 4.78 is 13.0. The van der Waals surface area contributed by atoms with E-state index in [4.69, 9.17) is 5.73 Å². The van der Waals surface area contributed by atoms with Gasteiger partial charge in [-0.2, -0.15) is 0 Å². The summed E-state index contributed by atoms with van der Waals surface area (Å²) in [5.41, 5.74) is 7.35. The first kappa shape index (κ1) is 16.2. The molecular formula is C17H16FN3O2. The number of halogens is 1. The Kier molecular flexibility index (Phi) is 5.09. The fourth-order valence-corrected chi connectivity index (χ4v) is 1.86. The summed E-state index contributed by atoms with van der Waals surface area (Å²) >= 11 is 0. The average molecular weight is 313 g/mol. The summed E-state index contributed by atoms with van der Waals surface area (Å²) in [5.74, 6) is -0.991. The molecule has 0 heterocycles. The van der Waals surface area contributed by atoms with E-state index in [9.17, 15) is 14.0 Å². The fourth-order valence-electron chi connectivity index (χ4n) is 1.86. The summed E-state index contributed by atoms with van der Waals surface area (Å²) in [5, 5.41) is 5.31. The molecule has 0 saturated heterocycles. The van der Waals surface area contributed by atoms with E-state index in [-0.39, 0.29) is 17.5 Å². The predicted octanol–water partition coefficient (Wildman–Crippen LogP) is 3.02. The molecule has 0 fully saturated rings. The molecule has 0 aromatic heterocycles. The molecule has 0 radical (unpaired) electrons. The summed E-state index contributed by atoms with van der Waals surface area (Å²) in [6.07, 6.45) is 2.87. The molecule has 0 atom stereocenters. The van der Waals surface area contributed by atoms with Gasteiger partial charge in [0.2, 0.25) is 11.8 Å². The molecule has 0 aliphatic carbocycles. The number of carbonyl (C=O) groups excluding carboxylic acids is 2. The van der Waals surface area contributed by atoms with E-state index < -0.39 is 5.82 Å². The van der Waals surface area contributed by atoms with Crippen LogP contribution in [0.15, 0.2) is 48.5 Å². The second kappa shape index (κ2) is 7.22. The number of anilines is 3. The first-order valence-electron chi connectivity index (χ1n) is 6.86. The molecule has 23 heavy (non-hydrogen) atoms. The van der Waals surface area contributed by atoms with Crippen LogP contribution in [-0.4, -0.2) is 11.8 Å². The highest BCUT2D eigenvalue weighted by Crippen LogP contribution is 2.15. The first-order valence-corrected chi connectivity index (χ1v) is 6.86. The number of benzene rings is 2. The molecule has 0 saturated carbocycles. The van der Waals surface area contributed by atoms with Crippen molar-refractivity contribution >= 4 is 35.0 Å². The number of nitrogens with two attached hydrogens (primary N) is 1. The lowest BCUT2D eigenvalue weighted by Crippen LogP contribution is -2.08. The maximum absolute atomic E-state index is 13.0. The van der Waals surface area contributed by atoms with Crippen molar-refractivity contribution in [1.29, 1.82) is 0 Å². The van der Waals surface area contributed by atoms with Crippen molar-refractivity contribution < 1.29 is 14.0 Å². The third-order valence-electron chi connectivity index (χ3n) is 2.92. The van der Waals surface area contributed by atoms with E-state index in [1.54, 1.807) is 24.3 Å². The lowest BCUT2D eigenvalue weighted by molar-refractivity contribution is -0.114. The minimum absolute atomic E-state index is 0.0288. The number of rotatable bonds is 4. The van der Waals surface area contributed by atoms with Crippen LogP contribution in [-0.2, 0) is 9.59 Å². The van der Waals surface area contributed by atoms with Crippen molar-refractivity contribution in [2.24, 2.45) is 0 Å². The lowest BCUT2D eigenvalue weighted by atomic mass is 10.2. The van der Waals surface area contributed by atoms with Crippen molar-refractivity contribution in [3.8, 4) is 0 Å². The SMILES string of the molecule is CC(=O)Nc1ccc(NC(=O)/C=C/c2ccc(F)c(N)c2)cc1. The van der Waals surface area contributed by atoms with E-state index in [0.717, 1.165) is 0 Å². The summed E-state index contributed by atoms with van der Waals surface area (Å²) in [6, 6.07) is 10.9. The Labute approximate surface area is 133 Å². The van der Waals surface area contributed by atoms with Crippen molar-refractivity contribution in [2.75, 3.05) is 16.4 Å². The zero-order chi connectivity index (χ0) is 16.8. The average Bonchev–Trinajstić information content (AvgIpc) is 2.50. The predicted molar refractivity (Wildman–Crippen MR) is 89.2 cm³/mol. The minimum Gasteiger partial charge on any atom is -0.396 e. The van der Waals surface area contributed by atoms with Gasteiger partial charge in [-0.15, -0.1) is 0 Å². The van der Waals surface area contributed by atoms with Gasteiger partial charge in [-0.25, -0.2) is 4.39 Å². The summed E-state index contributed by atoms with van der Waals surface area (Å²) in [6.45, 7) is 1.42. The van der Waals surface area contributed by atoms with Crippen molar-refractivity contribution in [3.63, 3.8) is 0 Å². The summed E-state index contributed by atoms with van der Waals surface area (Å²) in [7, 11) is 0. The van der Waals surface area contributed by atoms with E-state index >= 15 is 0 Å². The molecule has 2 aromatic carbocycles. The molecule has 2 aromatic rings. The standard InChI is InChI=1S/C17H16FN3O2/c1-11(22)20-13-4-6-14(7-5-13)21-17(23)9-3-12-2-8-15(18)16(19)10-12/h2-10H,19H2,1H3,(H,20,22)(H,21,23)/b9-3+.